The number of anilines is 1. The fraction of sp³-hybridized carbons (Fsp3) is 0.600. The molecule has 4 nitrogen and oxygen atoms in total. The summed E-state index contributed by atoms with van der Waals surface area (Å²) in [6.07, 6.45) is 0.739. The van der Waals surface area contributed by atoms with Gasteiger partial charge in [0.2, 0.25) is 0 Å². The van der Waals surface area contributed by atoms with Gasteiger partial charge in [-0.05, 0) is 6.54 Å². The van der Waals surface area contributed by atoms with Crippen LogP contribution in [-0.2, 0) is 6.54 Å². The van der Waals surface area contributed by atoms with Crippen LogP contribution in [0.15, 0.2) is 12.4 Å². The molecule has 0 radical (unpaired) electrons. The second kappa shape index (κ2) is 6.32. The predicted octanol–water partition coefficient (Wildman–Crippen LogP) is 1.29. The third-order valence-electron chi connectivity index (χ3n) is 2.05. The zero-order valence-electron chi connectivity index (χ0n) is 9.45. The van der Waals surface area contributed by atoms with E-state index in [4.69, 9.17) is 0 Å². The lowest BCUT2D eigenvalue weighted by Gasteiger charge is -2.16. The van der Waals surface area contributed by atoms with E-state index in [0.717, 1.165) is 12.2 Å². The fourth-order valence-electron chi connectivity index (χ4n) is 1.19. The summed E-state index contributed by atoms with van der Waals surface area (Å²) in [6, 6.07) is 0. The topological polar surface area (TPSA) is 41.1 Å². The van der Waals surface area contributed by atoms with Crippen LogP contribution in [0.4, 0.5) is 14.6 Å². The average Bonchev–Trinajstić information content (AvgIpc) is 2.26. The van der Waals surface area contributed by atoms with Gasteiger partial charge in [-0.25, -0.2) is 13.8 Å². The molecular formula is C10H16F2N4. The summed E-state index contributed by atoms with van der Waals surface area (Å²) in [5.74, 6) is 0.459. The second-order valence-corrected chi connectivity index (χ2v) is 3.42. The SMILES string of the molecule is CCNCc1cnc(N(C)CC(F)F)cn1. The van der Waals surface area contributed by atoms with Gasteiger partial charge < -0.3 is 10.2 Å². The third kappa shape index (κ3) is 4.06. The van der Waals surface area contributed by atoms with Gasteiger partial charge in [0.25, 0.3) is 6.43 Å². The van der Waals surface area contributed by atoms with Crippen molar-refractivity contribution in [3.8, 4) is 0 Å². The van der Waals surface area contributed by atoms with Crippen LogP contribution < -0.4 is 10.2 Å². The van der Waals surface area contributed by atoms with Gasteiger partial charge in [0, 0.05) is 13.6 Å². The Morgan fingerprint density at radius 1 is 1.38 bits per heavy atom. The minimum absolute atomic E-state index is 0.332. The quantitative estimate of drug-likeness (QED) is 0.799. The van der Waals surface area contributed by atoms with Gasteiger partial charge in [0.15, 0.2) is 0 Å². The number of alkyl halides is 2. The molecule has 0 unspecified atom stereocenters. The molecule has 0 spiro atoms. The molecule has 1 aromatic rings. The Morgan fingerprint density at radius 2 is 2.12 bits per heavy atom. The van der Waals surface area contributed by atoms with Crippen molar-refractivity contribution in [3.05, 3.63) is 18.1 Å². The predicted molar refractivity (Wildman–Crippen MR) is 58.7 cm³/mol. The lowest BCUT2D eigenvalue weighted by atomic mass is 10.4. The normalized spacial score (nSPS) is 10.8. The molecule has 0 atom stereocenters. The summed E-state index contributed by atoms with van der Waals surface area (Å²) in [5, 5.41) is 3.11. The maximum absolute atomic E-state index is 12.1. The highest BCUT2D eigenvalue weighted by atomic mass is 19.3. The molecule has 0 fully saturated rings. The number of nitrogens with zero attached hydrogens (tertiary/aromatic N) is 3. The first-order valence-electron chi connectivity index (χ1n) is 5.14. The number of halogens is 2. The molecule has 0 aliphatic carbocycles. The molecule has 1 heterocycles. The fourth-order valence-corrected chi connectivity index (χ4v) is 1.19. The van der Waals surface area contributed by atoms with Crippen molar-refractivity contribution in [2.24, 2.45) is 0 Å². The van der Waals surface area contributed by atoms with Crippen molar-refractivity contribution in [2.45, 2.75) is 19.9 Å². The largest absolute Gasteiger partial charge is 0.353 e. The molecule has 1 aromatic heterocycles. The molecule has 0 aromatic carbocycles. The molecule has 1 N–H and O–H groups in total. The summed E-state index contributed by atoms with van der Waals surface area (Å²) in [7, 11) is 1.57. The summed E-state index contributed by atoms with van der Waals surface area (Å²) < 4.78 is 24.2. The van der Waals surface area contributed by atoms with Gasteiger partial charge in [-0.15, -0.1) is 0 Å². The van der Waals surface area contributed by atoms with Crippen LogP contribution in [0.5, 0.6) is 0 Å². The van der Waals surface area contributed by atoms with Crippen LogP contribution in [0.1, 0.15) is 12.6 Å². The molecule has 0 aliphatic rings. The van der Waals surface area contributed by atoms with E-state index in [2.05, 4.69) is 15.3 Å². The maximum Gasteiger partial charge on any atom is 0.255 e. The van der Waals surface area contributed by atoms with Crippen LogP contribution in [0.3, 0.4) is 0 Å². The van der Waals surface area contributed by atoms with E-state index in [1.54, 1.807) is 13.2 Å². The molecule has 0 saturated heterocycles. The minimum atomic E-state index is -2.37. The van der Waals surface area contributed by atoms with Crippen molar-refractivity contribution in [1.82, 2.24) is 15.3 Å². The lowest BCUT2D eigenvalue weighted by Crippen LogP contribution is -2.25. The Morgan fingerprint density at radius 3 is 2.62 bits per heavy atom. The Kier molecular flexibility index (Phi) is 5.04. The Labute approximate surface area is 93.7 Å². The molecule has 1 rings (SSSR count). The lowest BCUT2D eigenvalue weighted by molar-refractivity contribution is 0.156. The molecule has 90 valence electrons. The van der Waals surface area contributed by atoms with Crippen LogP contribution >= 0.6 is 0 Å². The van der Waals surface area contributed by atoms with E-state index in [-0.39, 0.29) is 6.54 Å². The summed E-state index contributed by atoms with van der Waals surface area (Å²) in [5.41, 5.74) is 0.802. The monoisotopic (exact) mass is 230 g/mol. The molecule has 6 heteroatoms. The van der Waals surface area contributed by atoms with Crippen LogP contribution in [0.2, 0.25) is 0 Å². The Balaban J connectivity index is 2.56. The van der Waals surface area contributed by atoms with Crippen LogP contribution in [-0.4, -0.2) is 36.5 Å². The van der Waals surface area contributed by atoms with Crippen LogP contribution in [0, 0.1) is 0 Å². The Bertz CT molecular complexity index is 302. The van der Waals surface area contributed by atoms with Crippen LogP contribution in [0.25, 0.3) is 0 Å². The van der Waals surface area contributed by atoms with E-state index in [1.807, 2.05) is 6.92 Å². The highest BCUT2D eigenvalue weighted by molar-refractivity contribution is 5.34. The van der Waals surface area contributed by atoms with Crippen molar-refractivity contribution < 1.29 is 8.78 Å². The van der Waals surface area contributed by atoms with E-state index in [1.165, 1.54) is 11.1 Å². The number of hydrogen-bond donors (Lipinski definition) is 1. The van der Waals surface area contributed by atoms with E-state index < -0.39 is 6.43 Å². The van der Waals surface area contributed by atoms with Crippen molar-refractivity contribution in [3.63, 3.8) is 0 Å². The maximum atomic E-state index is 12.1. The second-order valence-electron chi connectivity index (χ2n) is 3.42. The van der Waals surface area contributed by atoms with E-state index in [0.29, 0.717) is 12.4 Å². The summed E-state index contributed by atoms with van der Waals surface area (Å²) in [6.45, 7) is 3.16. The van der Waals surface area contributed by atoms with Crippen molar-refractivity contribution in [2.75, 3.05) is 25.0 Å². The van der Waals surface area contributed by atoms with Gasteiger partial charge in [0.1, 0.15) is 5.82 Å². The third-order valence-corrected chi connectivity index (χ3v) is 2.05. The molecular weight excluding hydrogens is 214 g/mol. The summed E-state index contributed by atoms with van der Waals surface area (Å²) in [4.78, 5) is 9.59. The molecule has 0 aliphatic heterocycles. The number of hydrogen-bond acceptors (Lipinski definition) is 4. The smallest absolute Gasteiger partial charge is 0.255 e. The molecule has 0 amide bonds. The zero-order valence-corrected chi connectivity index (χ0v) is 9.45. The highest BCUT2D eigenvalue weighted by Crippen LogP contribution is 2.08. The first kappa shape index (κ1) is 12.8. The first-order chi connectivity index (χ1) is 7.63. The van der Waals surface area contributed by atoms with Gasteiger partial charge in [-0.2, -0.15) is 0 Å². The molecule has 16 heavy (non-hydrogen) atoms. The van der Waals surface area contributed by atoms with Crippen molar-refractivity contribution >= 4 is 5.82 Å². The standard InChI is InChI=1S/C10H16F2N4/c1-3-13-4-8-5-15-10(6-14-8)16(2)7-9(11)12/h5-6,9,13H,3-4,7H2,1-2H3. The number of aromatic nitrogens is 2. The van der Waals surface area contributed by atoms with Crippen molar-refractivity contribution in [1.29, 1.82) is 0 Å². The van der Waals surface area contributed by atoms with Gasteiger partial charge in [-0.3, -0.25) is 4.98 Å². The first-order valence-corrected chi connectivity index (χ1v) is 5.14. The molecule has 0 bridgehead atoms. The highest BCUT2D eigenvalue weighted by Gasteiger charge is 2.09. The summed E-state index contributed by atoms with van der Waals surface area (Å²) >= 11 is 0. The van der Waals surface area contributed by atoms with E-state index in [9.17, 15) is 8.78 Å². The number of nitrogens with one attached hydrogen (secondary N) is 1. The van der Waals surface area contributed by atoms with Gasteiger partial charge in [-0.1, -0.05) is 6.92 Å². The van der Waals surface area contributed by atoms with E-state index >= 15 is 0 Å². The minimum Gasteiger partial charge on any atom is -0.353 e. The zero-order chi connectivity index (χ0) is 12.0. The number of rotatable bonds is 6. The van der Waals surface area contributed by atoms with Gasteiger partial charge >= 0.3 is 0 Å². The molecule has 0 saturated carbocycles. The van der Waals surface area contributed by atoms with Gasteiger partial charge in [0.05, 0.1) is 24.6 Å². The average molecular weight is 230 g/mol. The Hall–Kier alpha value is -1.30.